The first kappa shape index (κ1) is 17.0. The minimum Gasteiger partial charge on any atom is -0.449 e. The van der Waals surface area contributed by atoms with E-state index in [2.05, 4.69) is 0 Å². The number of benzene rings is 1. The number of hydrogen-bond donors (Lipinski definition) is 0. The zero-order valence-corrected chi connectivity index (χ0v) is 14.3. The van der Waals surface area contributed by atoms with Gasteiger partial charge in [-0.1, -0.05) is 39.0 Å². The molecule has 1 heterocycles. The van der Waals surface area contributed by atoms with Crippen molar-refractivity contribution in [2.45, 2.75) is 40.0 Å². The molecule has 4 nitrogen and oxygen atoms in total. The van der Waals surface area contributed by atoms with E-state index in [1.165, 1.54) is 13.0 Å². The standard InChI is InChI=1S/C19H23NO3/c1-6-23-18(22)20-16-10-8-7-9-14(16)15(12-11-13(2)21)17(20)19(3,4)5/h7-12H,6H2,1-5H3/b12-11+. The monoisotopic (exact) mass is 313 g/mol. The smallest absolute Gasteiger partial charge is 0.418 e. The molecule has 2 rings (SSSR count). The molecule has 2 aromatic rings. The highest BCUT2D eigenvalue weighted by Crippen LogP contribution is 2.35. The molecule has 0 aliphatic rings. The number of rotatable bonds is 3. The van der Waals surface area contributed by atoms with Crippen molar-refractivity contribution in [2.24, 2.45) is 0 Å². The first-order valence-electron chi connectivity index (χ1n) is 7.77. The van der Waals surface area contributed by atoms with Gasteiger partial charge in [-0.2, -0.15) is 0 Å². The SMILES string of the molecule is CCOC(=O)n1c(C(C)(C)C)c(/C=C/C(C)=O)c2ccccc21. The molecule has 0 saturated carbocycles. The fourth-order valence-corrected chi connectivity index (χ4v) is 2.75. The fraction of sp³-hybridized carbons (Fsp3) is 0.368. The number of fused-ring (bicyclic) bond motifs is 1. The Morgan fingerprint density at radius 3 is 2.43 bits per heavy atom. The van der Waals surface area contributed by atoms with Gasteiger partial charge in [-0.25, -0.2) is 9.36 Å². The number of hydrogen-bond acceptors (Lipinski definition) is 3. The minimum atomic E-state index is -0.392. The number of ketones is 1. The Balaban J connectivity index is 2.87. The van der Waals surface area contributed by atoms with Crippen LogP contribution in [0.2, 0.25) is 0 Å². The van der Waals surface area contributed by atoms with Crippen molar-refractivity contribution in [2.75, 3.05) is 6.61 Å². The Bertz CT molecular complexity index is 776. The van der Waals surface area contributed by atoms with Gasteiger partial charge in [0.2, 0.25) is 0 Å². The van der Waals surface area contributed by atoms with E-state index in [-0.39, 0.29) is 11.2 Å². The Morgan fingerprint density at radius 2 is 1.87 bits per heavy atom. The third kappa shape index (κ3) is 3.36. The Hall–Kier alpha value is -2.36. The third-order valence-corrected chi connectivity index (χ3v) is 3.56. The summed E-state index contributed by atoms with van der Waals surface area (Å²) in [6.45, 7) is 9.74. The second kappa shape index (κ2) is 6.41. The van der Waals surface area contributed by atoms with Crippen LogP contribution in [-0.4, -0.2) is 23.1 Å². The highest BCUT2D eigenvalue weighted by Gasteiger charge is 2.28. The normalized spacial score (nSPS) is 12.0. The average Bonchev–Trinajstić information content (AvgIpc) is 2.80. The van der Waals surface area contributed by atoms with Gasteiger partial charge in [0.15, 0.2) is 5.78 Å². The Labute approximate surface area is 136 Å². The van der Waals surface area contributed by atoms with E-state index in [1.54, 1.807) is 17.6 Å². The predicted molar refractivity (Wildman–Crippen MR) is 92.8 cm³/mol. The van der Waals surface area contributed by atoms with E-state index >= 15 is 0 Å². The van der Waals surface area contributed by atoms with Gasteiger partial charge in [0, 0.05) is 22.1 Å². The van der Waals surface area contributed by atoms with Gasteiger partial charge in [0.25, 0.3) is 0 Å². The zero-order valence-electron chi connectivity index (χ0n) is 14.3. The van der Waals surface area contributed by atoms with Crippen molar-refractivity contribution < 1.29 is 14.3 Å². The average molecular weight is 313 g/mol. The van der Waals surface area contributed by atoms with Crippen LogP contribution in [-0.2, 0) is 14.9 Å². The number of allylic oxidation sites excluding steroid dienone is 1. The highest BCUT2D eigenvalue weighted by atomic mass is 16.5. The molecule has 0 saturated heterocycles. The lowest BCUT2D eigenvalue weighted by atomic mass is 9.88. The quantitative estimate of drug-likeness (QED) is 0.781. The largest absolute Gasteiger partial charge is 0.449 e. The van der Waals surface area contributed by atoms with Gasteiger partial charge >= 0.3 is 6.09 Å². The molecule has 0 unspecified atom stereocenters. The van der Waals surface area contributed by atoms with Crippen LogP contribution in [0.4, 0.5) is 4.79 Å². The number of nitrogens with zero attached hydrogens (tertiary/aromatic N) is 1. The van der Waals surface area contributed by atoms with E-state index in [0.29, 0.717) is 6.61 Å². The maximum atomic E-state index is 12.5. The summed E-state index contributed by atoms with van der Waals surface area (Å²) >= 11 is 0. The minimum absolute atomic E-state index is 0.0298. The second-order valence-corrected chi connectivity index (χ2v) is 6.51. The molecule has 1 aromatic heterocycles. The molecule has 0 radical (unpaired) electrons. The van der Waals surface area contributed by atoms with Gasteiger partial charge in [-0.05, 0) is 32.1 Å². The molecule has 0 bridgehead atoms. The van der Waals surface area contributed by atoms with Crippen LogP contribution in [0.1, 0.15) is 45.9 Å². The van der Waals surface area contributed by atoms with Gasteiger partial charge < -0.3 is 4.74 Å². The molecule has 122 valence electrons. The van der Waals surface area contributed by atoms with Crippen LogP contribution in [0.5, 0.6) is 0 Å². The lowest BCUT2D eigenvalue weighted by molar-refractivity contribution is -0.112. The number of para-hydroxylation sites is 1. The second-order valence-electron chi connectivity index (χ2n) is 6.51. The predicted octanol–water partition coefficient (Wildman–Crippen LogP) is 4.55. The van der Waals surface area contributed by atoms with Crippen molar-refractivity contribution in [1.82, 2.24) is 4.57 Å². The molecule has 0 N–H and O–H groups in total. The third-order valence-electron chi connectivity index (χ3n) is 3.56. The topological polar surface area (TPSA) is 48.3 Å². The first-order valence-corrected chi connectivity index (χ1v) is 7.77. The fourth-order valence-electron chi connectivity index (χ4n) is 2.75. The van der Waals surface area contributed by atoms with Crippen molar-refractivity contribution in [1.29, 1.82) is 0 Å². The first-order chi connectivity index (χ1) is 10.8. The molecule has 0 spiro atoms. The molecule has 0 aliphatic heterocycles. The van der Waals surface area contributed by atoms with E-state index in [1.807, 2.05) is 45.0 Å². The van der Waals surface area contributed by atoms with Crippen LogP contribution in [0, 0.1) is 0 Å². The van der Waals surface area contributed by atoms with Crippen molar-refractivity contribution in [3.05, 3.63) is 41.6 Å². The zero-order chi connectivity index (χ0) is 17.2. The number of ether oxygens (including phenoxy) is 1. The Kier molecular flexibility index (Phi) is 4.73. The lowest BCUT2D eigenvalue weighted by Crippen LogP contribution is -2.24. The molecule has 0 aliphatic carbocycles. The summed E-state index contributed by atoms with van der Waals surface area (Å²) in [6.07, 6.45) is 2.93. The number of carbonyl (C=O) groups excluding carboxylic acids is 2. The van der Waals surface area contributed by atoms with Crippen LogP contribution in [0.3, 0.4) is 0 Å². The van der Waals surface area contributed by atoms with Gasteiger partial charge in [0.05, 0.1) is 12.1 Å². The van der Waals surface area contributed by atoms with Crippen LogP contribution < -0.4 is 0 Å². The maximum Gasteiger partial charge on any atom is 0.418 e. The summed E-state index contributed by atoms with van der Waals surface area (Å²) in [5.74, 6) is -0.0298. The van der Waals surface area contributed by atoms with Crippen LogP contribution >= 0.6 is 0 Å². The van der Waals surface area contributed by atoms with Crippen molar-refractivity contribution in [3.8, 4) is 0 Å². The van der Waals surface area contributed by atoms with E-state index in [4.69, 9.17) is 4.74 Å². The lowest BCUT2D eigenvalue weighted by Gasteiger charge is -2.22. The summed E-state index contributed by atoms with van der Waals surface area (Å²) in [6, 6.07) is 7.67. The van der Waals surface area contributed by atoms with Gasteiger partial charge in [0.1, 0.15) is 0 Å². The highest BCUT2D eigenvalue weighted by molar-refractivity contribution is 6.01. The summed E-state index contributed by atoms with van der Waals surface area (Å²) in [5, 5.41) is 0.933. The molecule has 1 aromatic carbocycles. The van der Waals surface area contributed by atoms with Crippen molar-refractivity contribution in [3.63, 3.8) is 0 Å². The maximum absolute atomic E-state index is 12.5. The molecule has 23 heavy (non-hydrogen) atoms. The van der Waals surface area contributed by atoms with E-state index < -0.39 is 6.09 Å². The van der Waals surface area contributed by atoms with Crippen LogP contribution in [0.15, 0.2) is 30.3 Å². The summed E-state index contributed by atoms with van der Waals surface area (Å²) in [5.41, 5.74) is 2.23. The summed E-state index contributed by atoms with van der Waals surface area (Å²) in [7, 11) is 0. The molecule has 0 atom stereocenters. The van der Waals surface area contributed by atoms with Gasteiger partial charge in [-0.3, -0.25) is 4.79 Å². The molecule has 0 fully saturated rings. The Morgan fingerprint density at radius 1 is 1.22 bits per heavy atom. The van der Waals surface area contributed by atoms with E-state index in [0.717, 1.165) is 22.2 Å². The number of aromatic nitrogens is 1. The summed E-state index contributed by atoms with van der Waals surface area (Å²) in [4.78, 5) is 23.9. The number of carbonyl (C=O) groups is 2. The molecule has 4 heteroatoms. The van der Waals surface area contributed by atoms with Crippen molar-refractivity contribution >= 4 is 28.9 Å². The molecule has 0 amide bonds. The summed E-state index contributed by atoms with van der Waals surface area (Å²) < 4.78 is 6.87. The van der Waals surface area contributed by atoms with Gasteiger partial charge in [-0.15, -0.1) is 0 Å². The van der Waals surface area contributed by atoms with E-state index in [9.17, 15) is 9.59 Å². The molecular weight excluding hydrogens is 290 g/mol. The molecular formula is C19H23NO3. The van der Waals surface area contributed by atoms with Crippen LogP contribution in [0.25, 0.3) is 17.0 Å².